The average molecular weight is 588 g/mol. The molecular weight excluding hydrogens is 557 g/mol. The number of benzene rings is 3. The van der Waals surface area contributed by atoms with Crippen LogP contribution in [0.4, 0.5) is 26.2 Å². The van der Waals surface area contributed by atoms with Crippen LogP contribution >= 0.6 is 0 Å². The van der Waals surface area contributed by atoms with Crippen LogP contribution in [0, 0.1) is 0 Å². The largest absolute Gasteiger partial charge is 0.446 e. The van der Waals surface area contributed by atoms with Gasteiger partial charge in [0.2, 0.25) is 5.91 Å². The maximum atomic E-state index is 15.0. The number of anilines is 3. The number of carbonyl (C=O) groups excluding carboxylic acids is 2. The first kappa shape index (κ1) is 28.2. The number of likely N-dealkylation sites (N-methyl/N-ethyl adjacent to an activating group) is 1. The van der Waals surface area contributed by atoms with Crippen LogP contribution in [0.1, 0.15) is 41.7 Å². The maximum Gasteiger partial charge on any atom is 0.411 e. The second kappa shape index (κ2) is 11.7. The predicted octanol–water partition coefficient (Wildman–Crippen LogP) is 5.29. The van der Waals surface area contributed by atoms with Crippen molar-refractivity contribution in [1.29, 1.82) is 0 Å². The van der Waals surface area contributed by atoms with Gasteiger partial charge in [-0.3, -0.25) is 14.9 Å². The average Bonchev–Trinajstić information content (AvgIpc) is 3.85. The monoisotopic (exact) mass is 587 g/mol. The van der Waals surface area contributed by atoms with Gasteiger partial charge in [0.25, 0.3) is 5.56 Å². The van der Waals surface area contributed by atoms with Crippen molar-refractivity contribution in [2.45, 2.75) is 37.6 Å². The minimum Gasteiger partial charge on any atom is -0.446 e. The molecule has 0 radical (unpaired) electrons. The van der Waals surface area contributed by atoms with Crippen molar-refractivity contribution < 1.29 is 29.0 Å². The van der Waals surface area contributed by atoms with Gasteiger partial charge in [0.1, 0.15) is 12.6 Å². The van der Waals surface area contributed by atoms with Gasteiger partial charge in [-0.15, -0.1) is 4.99 Å². The number of ether oxygens (including phenoxy) is 1. The van der Waals surface area contributed by atoms with Gasteiger partial charge in [0, 0.05) is 36.6 Å². The minimum atomic E-state index is -1.59. The number of aromatic amines is 1. The van der Waals surface area contributed by atoms with Crippen LogP contribution in [-0.4, -0.2) is 46.8 Å². The molecule has 1 aromatic heterocycles. The summed E-state index contributed by atoms with van der Waals surface area (Å²) < 4.78 is 20.1. The Morgan fingerprint density at radius 1 is 1.02 bits per heavy atom. The summed E-state index contributed by atoms with van der Waals surface area (Å²) in [6.07, 6.45) is 0.801. The third-order valence-corrected chi connectivity index (χ3v) is 7.64. The van der Waals surface area contributed by atoms with E-state index in [1.807, 2.05) is 0 Å². The molecule has 12 heteroatoms. The third-order valence-electron chi connectivity index (χ3n) is 7.64. The molecule has 43 heavy (non-hydrogen) atoms. The summed E-state index contributed by atoms with van der Waals surface area (Å²) in [5, 5.41) is 18.1. The highest BCUT2D eigenvalue weighted by atomic mass is 19.1. The van der Waals surface area contributed by atoms with Gasteiger partial charge >= 0.3 is 6.09 Å². The smallest absolute Gasteiger partial charge is 0.411 e. The van der Waals surface area contributed by atoms with Crippen LogP contribution in [0.3, 0.4) is 0 Å². The summed E-state index contributed by atoms with van der Waals surface area (Å²) in [5.74, 6) is -0.315. The van der Waals surface area contributed by atoms with Crippen LogP contribution in [-0.2, 0) is 21.1 Å². The molecule has 2 atom stereocenters. The molecule has 3 heterocycles. The lowest BCUT2D eigenvalue weighted by atomic mass is 10.0. The fourth-order valence-electron chi connectivity index (χ4n) is 5.20. The predicted molar refractivity (Wildman–Crippen MR) is 158 cm³/mol. The molecule has 0 saturated heterocycles. The van der Waals surface area contributed by atoms with Gasteiger partial charge in [0.05, 0.1) is 11.7 Å². The number of hydrogen-bond acceptors (Lipinski definition) is 8. The van der Waals surface area contributed by atoms with E-state index in [1.54, 1.807) is 80.0 Å². The molecule has 1 aliphatic carbocycles. The number of nitrogens with zero attached hydrogens (tertiary/aromatic N) is 2. The lowest BCUT2D eigenvalue weighted by Gasteiger charge is -2.29. The first-order chi connectivity index (χ1) is 20.8. The van der Waals surface area contributed by atoms with E-state index in [0.717, 1.165) is 18.2 Å². The highest BCUT2D eigenvalue weighted by Crippen LogP contribution is 2.36. The van der Waals surface area contributed by atoms with E-state index in [9.17, 15) is 24.0 Å². The summed E-state index contributed by atoms with van der Waals surface area (Å²) >= 11 is 0. The third kappa shape index (κ3) is 6.01. The maximum absolute atomic E-state index is 15.0. The molecule has 3 aromatic carbocycles. The topological polar surface area (TPSA) is 136 Å². The Labute approximate surface area is 245 Å². The zero-order valence-electron chi connectivity index (χ0n) is 23.2. The number of fused-ring (bicyclic) bond motifs is 10. The first-order valence-corrected chi connectivity index (χ1v) is 13.8. The molecule has 1 fully saturated rings. The fourth-order valence-corrected chi connectivity index (χ4v) is 5.20. The molecule has 4 bridgehead atoms. The number of alkyl halides is 1. The van der Waals surface area contributed by atoms with Crippen LogP contribution in [0.15, 0.2) is 77.7 Å². The quantitative estimate of drug-likeness (QED) is 0.183. The van der Waals surface area contributed by atoms with Crippen molar-refractivity contribution in [3.05, 3.63) is 100.0 Å². The molecule has 11 nitrogen and oxygen atoms in total. The van der Waals surface area contributed by atoms with Crippen molar-refractivity contribution in [2.24, 2.45) is 0 Å². The van der Waals surface area contributed by atoms with Gasteiger partial charge in [0.15, 0.2) is 6.17 Å². The van der Waals surface area contributed by atoms with Crippen molar-refractivity contribution >= 4 is 39.8 Å². The van der Waals surface area contributed by atoms with E-state index in [1.165, 1.54) is 9.96 Å². The molecule has 222 valence electrons. The number of nitrogens with one attached hydrogen (secondary N) is 3. The molecular formula is C31H30FN5O6. The number of H-pyrrole nitrogens is 1. The van der Waals surface area contributed by atoms with Gasteiger partial charge in [-0.1, -0.05) is 30.3 Å². The Kier molecular flexibility index (Phi) is 7.70. The molecule has 2 aliphatic heterocycles. The fraction of sp³-hybridized carbons (Fsp3) is 0.258. The Hall–Kier alpha value is -4.94. The van der Waals surface area contributed by atoms with Crippen molar-refractivity contribution in [2.75, 3.05) is 29.4 Å². The Balaban J connectivity index is 1.40. The summed E-state index contributed by atoms with van der Waals surface area (Å²) in [5.41, 5.74) is 2.61. The molecule has 1 unspecified atom stereocenters. The van der Waals surface area contributed by atoms with Gasteiger partial charge in [-0.05, 0) is 71.3 Å². The Morgan fingerprint density at radius 3 is 2.53 bits per heavy atom. The molecule has 2 amide bonds. The number of carbonyl (C=O) groups is 2. The number of amides is 2. The summed E-state index contributed by atoms with van der Waals surface area (Å²) in [7, 11) is 1.64. The Bertz CT molecular complexity index is 1720. The molecule has 7 rings (SSSR count). The second-order valence-electron chi connectivity index (χ2n) is 10.7. The zero-order valence-corrected chi connectivity index (χ0v) is 23.2. The summed E-state index contributed by atoms with van der Waals surface area (Å²) in [6, 6.07) is 17.4. The van der Waals surface area contributed by atoms with Crippen LogP contribution < -0.4 is 21.3 Å². The lowest BCUT2D eigenvalue weighted by Crippen LogP contribution is -2.36. The highest BCUT2D eigenvalue weighted by molar-refractivity contribution is 5.89. The van der Waals surface area contributed by atoms with Crippen molar-refractivity contribution in [3.8, 4) is 0 Å². The molecule has 1 saturated carbocycles. The van der Waals surface area contributed by atoms with E-state index < -0.39 is 24.9 Å². The molecule has 4 aromatic rings. The van der Waals surface area contributed by atoms with Crippen LogP contribution in [0.25, 0.3) is 10.8 Å². The number of aromatic nitrogens is 1. The van der Waals surface area contributed by atoms with Gasteiger partial charge in [-0.2, -0.15) is 0 Å². The van der Waals surface area contributed by atoms with Crippen molar-refractivity contribution in [1.82, 2.24) is 9.88 Å². The molecule has 4 N–H and O–H groups in total. The number of halogens is 1. The molecule has 0 spiro atoms. The minimum absolute atomic E-state index is 0.0307. The summed E-state index contributed by atoms with van der Waals surface area (Å²) in [4.78, 5) is 47.9. The van der Waals surface area contributed by atoms with E-state index in [4.69, 9.17) is 9.73 Å². The highest BCUT2D eigenvalue weighted by Gasteiger charge is 2.33. The standard InChI is InChI=1S/C31H30FN5O6/c1-36-16-21-14-22(8-11-27(21)37(43-41)24-9-10-24)35-31(40)42-17-26(32)19-2-4-20(5-3-19)28(30(36)39)34-23-7-6-18-12-13-33-29(38)25(18)15-23/h2-8,11-15,24,26,28,34,41H,9-10,16-17H2,1H3,(H,33,38)(H,35,40)/t26-,28?/m0/s1. The first-order valence-electron chi connectivity index (χ1n) is 13.8. The van der Waals surface area contributed by atoms with Crippen molar-refractivity contribution in [3.63, 3.8) is 0 Å². The van der Waals surface area contributed by atoms with E-state index in [2.05, 4.69) is 15.6 Å². The molecule has 3 aliphatic rings. The number of hydrogen-bond donors (Lipinski definition) is 4. The van der Waals surface area contributed by atoms with Gasteiger partial charge in [-0.25, -0.2) is 19.5 Å². The number of hydroxylamine groups is 1. The van der Waals surface area contributed by atoms with Crippen LogP contribution in [0.2, 0.25) is 0 Å². The number of pyridine rings is 1. The Morgan fingerprint density at radius 2 is 1.79 bits per heavy atom. The van der Waals surface area contributed by atoms with Gasteiger partial charge < -0.3 is 19.9 Å². The van der Waals surface area contributed by atoms with Crippen LogP contribution in [0.5, 0.6) is 0 Å². The van der Waals surface area contributed by atoms with E-state index in [0.29, 0.717) is 33.6 Å². The van der Waals surface area contributed by atoms with E-state index in [-0.39, 0.29) is 29.6 Å². The SMILES string of the molecule is CN1Cc2cc(ccc2N(OO)C2CC2)NC(=O)OC[C@H](F)c2ccc(cc2)C(Nc2ccc3cc[nH]c(=O)c3c2)C1=O. The normalized spacial score (nSPS) is 19.2. The summed E-state index contributed by atoms with van der Waals surface area (Å²) in [6.45, 7) is -0.412. The van der Waals surface area contributed by atoms with E-state index >= 15 is 0 Å². The number of rotatable bonds is 5. The zero-order chi connectivity index (χ0) is 30.1. The second-order valence-corrected chi connectivity index (χ2v) is 10.7. The lowest BCUT2D eigenvalue weighted by molar-refractivity contribution is -0.255.